The van der Waals surface area contributed by atoms with Crippen LogP contribution in [0.2, 0.25) is 0 Å². The average Bonchev–Trinajstić information content (AvgIpc) is 3.00. The predicted octanol–water partition coefficient (Wildman–Crippen LogP) is 2.55. The van der Waals surface area contributed by atoms with Gasteiger partial charge in [-0.1, -0.05) is 24.3 Å². The maximum absolute atomic E-state index is 12.7. The molecule has 7 heteroatoms. The van der Waals surface area contributed by atoms with Crippen LogP contribution in [0.25, 0.3) is 10.2 Å². The number of carbonyl (C=O) groups is 1. The van der Waals surface area contributed by atoms with Crippen molar-refractivity contribution in [2.45, 2.75) is 40.3 Å². The summed E-state index contributed by atoms with van der Waals surface area (Å²) in [6.45, 7) is 8.80. The molecular weight excluding hydrogens is 374 g/mol. The number of thiophene rings is 1. The highest BCUT2D eigenvalue weighted by Gasteiger charge is 2.24. The number of nitrogens with one attached hydrogen (secondary N) is 2. The smallest absolute Gasteiger partial charge is 0.348 e. The topological polar surface area (TPSA) is 76.5 Å². The summed E-state index contributed by atoms with van der Waals surface area (Å²) >= 11 is 1.22. The van der Waals surface area contributed by atoms with Crippen molar-refractivity contribution in [2.75, 3.05) is 13.7 Å². The lowest BCUT2D eigenvalue weighted by Gasteiger charge is -2.21. The van der Waals surface area contributed by atoms with Crippen molar-refractivity contribution in [3.8, 4) is 0 Å². The fraction of sp³-hybridized carbons (Fsp3) is 0.381. The first kappa shape index (κ1) is 20.2. The molecule has 148 valence electrons. The molecule has 1 unspecified atom stereocenters. The fourth-order valence-electron chi connectivity index (χ4n) is 3.25. The highest BCUT2D eigenvalue weighted by Crippen LogP contribution is 2.28. The van der Waals surface area contributed by atoms with Crippen molar-refractivity contribution in [1.29, 1.82) is 0 Å². The summed E-state index contributed by atoms with van der Waals surface area (Å²) in [5, 5.41) is 0.473. The summed E-state index contributed by atoms with van der Waals surface area (Å²) in [5.74, 6) is 0.222. The minimum absolute atomic E-state index is 0.00912. The van der Waals surface area contributed by atoms with Gasteiger partial charge >= 0.3 is 5.97 Å². The number of carbonyl (C=O) groups excluding carboxylic acids is 1. The lowest BCUT2D eigenvalue weighted by Crippen LogP contribution is -3.07. The molecule has 0 radical (unpaired) electrons. The van der Waals surface area contributed by atoms with Gasteiger partial charge < -0.3 is 14.6 Å². The SMILES string of the molecule is CCOC(=O)c1sc2nc([C@@H](C)[NH+](C)Cc3ccccc3C)[nH]c(=O)c2c1C. The molecule has 2 atom stereocenters. The number of H-pyrrole nitrogens is 1. The van der Waals surface area contributed by atoms with Gasteiger partial charge in [0.1, 0.15) is 22.3 Å². The highest BCUT2D eigenvalue weighted by molar-refractivity contribution is 7.20. The maximum Gasteiger partial charge on any atom is 0.348 e. The Labute approximate surface area is 168 Å². The molecule has 0 bridgehead atoms. The molecule has 0 saturated heterocycles. The van der Waals surface area contributed by atoms with E-state index in [2.05, 4.69) is 36.1 Å². The summed E-state index contributed by atoms with van der Waals surface area (Å²) in [7, 11) is 2.09. The van der Waals surface area contributed by atoms with Crippen LogP contribution in [0.4, 0.5) is 0 Å². The largest absolute Gasteiger partial charge is 0.462 e. The Bertz CT molecular complexity index is 1070. The van der Waals surface area contributed by atoms with E-state index in [-0.39, 0.29) is 11.6 Å². The Morgan fingerprint density at radius 3 is 2.71 bits per heavy atom. The number of ether oxygens (including phenoxy) is 1. The van der Waals surface area contributed by atoms with Crippen LogP contribution in [0.1, 0.15) is 52.1 Å². The summed E-state index contributed by atoms with van der Waals surface area (Å²) in [6.07, 6.45) is 0. The van der Waals surface area contributed by atoms with Crippen LogP contribution < -0.4 is 10.5 Å². The summed E-state index contributed by atoms with van der Waals surface area (Å²) in [6, 6.07) is 8.29. The zero-order valence-electron chi connectivity index (χ0n) is 16.9. The number of benzene rings is 1. The molecule has 28 heavy (non-hydrogen) atoms. The zero-order valence-corrected chi connectivity index (χ0v) is 17.7. The maximum atomic E-state index is 12.7. The van der Waals surface area contributed by atoms with Crippen molar-refractivity contribution in [3.05, 3.63) is 62.0 Å². The second-order valence-corrected chi connectivity index (χ2v) is 8.08. The second kappa shape index (κ2) is 8.24. The van der Waals surface area contributed by atoms with Gasteiger partial charge in [0.15, 0.2) is 5.82 Å². The van der Waals surface area contributed by atoms with E-state index in [0.717, 1.165) is 6.54 Å². The number of aromatic nitrogens is 2. The number of nitrogens with zero attached hydrogens (tertiary/aromatic N) is 1. The molecular formula is C21H26N3O3S+. The molecule has 3 aromatic rings. The number of aromatic amines is 1. The first-order valence-electron chi connectivity index (χ1n) is 9.40. The minimum Gasteiger partial charge on any atom is -0.462 e. The van der Waals surface area contributed by atoms with Gasteiger partial charge in [0.2, 0.25) is 0 Å². The summed E-state index contributed by atoms with van der Waals surface area (Å²) < 4.78 is 5.10. The van der Waals surface area contributed by atoms with E-state index in [1.54, 1.807) is 13.8 Å². The van der Waals surface area contributed by atoms with Crippen molar-refractivity contribution in [1.82, 2.24) is 9.97 Å². The van der Waals surface area contributed by atoms with Gasteiger partial charge in [0.05, 0.1) is 19.0 Å². The summed E-state index contributed by atoms with van der Waals surface area (Å²) in [4.78, 5) is 34.7. The third-order valence-electron chi connectivity index (χ3n) is 5.16. The molecule has 0 aliphatic rings. The van der Waals surface area contributed by atoms with Gasteiger partial charge in [0.25, 0.3) is 5.56 Å². The van der Waals surface area contributed by atoms with E-state index in [1.807, 2.05) is 19.1 Å². The lowest BCUT2D eigenvalue weighted by molar-refractivity contribution is -0.924. The number of aryl methyl sites for hydroxylation is 2. The predicted molar refractivity (Wildman–Crippen MR) is 111 cm³/mol. The van der Waals surface area contributed by atoms with Gasteiger partial charge in [-0.3, -0.25) is 4.79 Å². The van der Waals surface area contributed by atoms with Crippen molar-refractivity contribution in [3.63, 3.8) is 0 Å². The van der Waals surface area contributed by atoms with E-state index in [9.17, 15) is 9.59 Å². The Hall–Kier alpha value is -2.51. The molecule has 2 aromatic heterocycles. The van der Waals surface area contributed by atoms with Gasteiger partial charge in [-0.15, -0.1) is 11.3 Å². The zero-order chi connectivity index (χ0) is 20.4. The molecule has 6 nitrogen and oxygen atoms in total. The highest BCUT2D eigenvalue weighted by atomic mass is 32.1. The van der Waals surface area contributed by atoms with Crippen LogP contribution in [0.5, 0.6) is 0 Å². The molecule has 0 aliphatic carbocycles. The number of quaternary nitrogens is 1. The number of rotatable bonds is 6. The molecule has 0 amide bonds. The van der Waals surface area contributed by atoms with Crippen LogP contribution >= 0.6 is 11.3 Å². The van der Waals surface area contributed by atoms with Gasteiger partial charge in [0, 0.05) is 5.56 Å². The molecule has 1 aromatic carbocycles. The molecule has 0 saturated carbocycles. The van der Waals surface area contributed by atoms with Crippen LogP contribution in [-0.4, -0.2) is 29.6 Å². The Morgan fingerprint density at radius 2 is 2.04 bits per heavy atom. The Kier molecular flexibility index (Phi) is 5.96. The third kappa shape index (κ3) is 3.86. The number of hydrogen-bond donors (Lipinski definition) is 2. The molecule has 2 heterocycles. The third-order valence-corrected chi connectivity index (χ3v) is 6.33. The molecule has 3 rings (SSSR count). The second-order valence-electron chi connectivity index (χ2n) is 7.08. The first-order chi connectivity index (χ1) is 13.3. The van der Waals surface area contributed by atoms with E-state index in [0.29, 0.717) is 33.1 Å². The van der Waals surface area contributed by atoms with Crippen molar-refractivity contribution >= 4 is 27.5 Å². The van der Waals surface area contributed by atoms with E-state index in [1.165, 1.54) is 27.4 Å². The van der Waals surface area contributed by atoms with Gasteiger partial charge in [-0.25, -0.2) is 9.78 Å². The molecule has 2 N–H and O–H groups in total. The molecule has 0 aliphatic heterocycles. The number of hydrogen-bond acceptors (Lipinski definition) is 5. The molecule has 0 fully saturated rings. The minimum atomic E-state index is -0.403. The fourth-order valence-corrected chi connectivity index (χ4v) is 4.33. The van der Waals surface area contributed by atoms with E-state index < -0.39 is 5.97 Å². The number of esters is 1. The van der Waals surface area contributed by atoms with Gasteiger partial charge in [-0.05, 0) is 38.8 Å². The first-order valence-corrected chi connectivity index (χ1v) is 10.2. The van der Waals surface area contributed by atoms with E-state index in [4.69, 9.17) is 4.74 Å². The Balaban J connectivity index is 1.93. The van der Waals surface area contributed by atoms with Crippen LogP contribution in [0.3, 0.4) is 0 Å². The standard InChI is InChI=1S/C21H25N3O3S/c1-6-27-21(26)17-13(3)16-19(25)22-18(23-20(16)28-17)14(4)24(5)11-15-10-8-7-9-12(15)2/h7-10,14H,6,11H2,1-5H3,(H,22,23,25)/p+1/t14-/m1/s1. The van der Waals surface area contributed by atoms with E-state index >= 15 is 0 Å². The van der Waals surface area contributed by atoms with Crippen LogP contribution in [0, 0.1) is 13.8 Å². The number of fused-ring (bicyclic) bond motifs is 1. The quantitative estimate of drug-likeness (QED) is 0.624. The van der Waals surface area contributed by atoms with Crippen molar-refractivity contribution in [2.24, 2.45) is 0 Å². The van der Waals surface area contributed by atoms with Crippen LogP contribution in [-0.2, 0) is 11.3 Å². The van der Waals surface area contributed by atoms with Crippen LogP contribution in [0.15, 0.2) is 29.1 Å². The monoisotopic (exact) mass is 400 g/mol. The van der Waals surface area contributed by atoms with Gasteiger partial charge in [-0.2, -0.15) is 0 Å². The Morgan fingerprint density at radius 1 is 1.32 bits per heavy atom. The summed E-state index contributed by atoms with van der Waals surface area (Å²) in [5.41, 5.74) is 2.94. The molecule has 0 spiro atoms. The normalized spacial score (nSPS) is 13.5. The average molecular weight is 401 g/mol. The van der Waals surface area contributed by atoms with Crippen molar-refractivity contribution < 1.29 is 14.4 Å². The lowest BCUT2D eigenvalue weighted by atomic mass is 10.1.